The van der Waals surface area contributed by atoms with Gasteiger partial charge in [0.2, 0.25) is 0 Å². The molecule has 2 N–H and O–H groups in total. The summed E-state index contributed by atoms with van der Waals surface area (Å²) in [6, 6.07) is 1.56. The highest BCUT2D eigenvalue weighted by Crippen LogP contribution is 2.10. The van der Waals surface area contributed by atoms with E-state index in [9.17, 15) is 4.79 Å². The lowest BCUT2D eigenvalue weighted by molar-refractivity contribution is 0.0600. The molecule has 0 aromatic carbocycles. The third-order valence-electron chi connectivity index (χ3n) is 1.71. The van der Waals surface area contributed by atoms with Crippen molar-refractivity contribution in [3.05, 3.63) is 29.6 Å². The van der Waals surface area contributed by atoms with Crippen LogP contribution in [-0.2, 0) is 4.74 Å². The topological polar surface area (TPSA) is 65.2 Å². The number of carbonyl (C=O) groups is 1. The van der Waals surface area contributed by atoms with Crippen LogP contribution in [0.4, 0.5) is 0 Å². The maximum atomic E-state index is 11.1. The van der Waals surface area contributed by atoms with E-state index in [4.69, 9.17) is 5.73 Å². The summed E-state index contributed by atoms with van der Waals surface area (Å²) < 4.78 is 4.55. The second kappa shape index (κ2) is 4.00. The van der Waals surface area contributed by atoms with E-state index < -0.39 is 5.97 Å². The highest BCUT2D eigenvalue weighted by Gasteiger charge is 2.07. The molecule has 0 fully saturated rings. The average molecular weight is 180 g/mol. The van der Waals surface area contributed by atoms with Crippen LogP contribution < -0.4 is 5.73 Å². The van der Waals surface area contributed by atoms with Gasteiger partial charge in [-0.2, -0.15) is 0 Å². The quantitative estimate of drug-likeness (QED) is 0.686. The molecular weight excluding hydrogens is 168 g/mol. The predicted molar refractivity (Wildman–Crippen MR) is 48.2 cm³/mol. The first-order valence-electron chi connectivity index (χ1n) is 3.94. The lowest BCUT2D eigenvalue weighted by atomic mass is 10.1. The molecule has 0 saturated heterocycles. The van der Waals surface area contributed by atoms with Gasteiger partial charge in [0.1, 0.15) is 0 Å². The Balaban J connectivity index is 2.98. The Morgan fingerprint density at radius 1 is 1.62 bits per heavy atom. The second-order valence-corrected chi connectivity index (χ2v) is 2.79. The molecule has 4 heteroatoms. The van der Waals surface area contributed by atoms with Crippen LogP contribution in [0.3, 0.4) is 0 Å². The normalized spacial score (nSPS) is 12.2. The van der Waals surface area contributed by atoms with Crippen LogP contribution in [0.2, 0.25) is 0 Å². The second-order valence-electron chi connectivity index (χ2n) is 2.79. The number of methoxy groups -OCH3 is 1. The van der Waals surface area contributed by atoms with Crippen molar-refractivity contribution < 1.29 is 9.53 Å². The molecule has 0 spiro atoms. The molecule has 1 aromatic heterocycles. The lowest BCUT2D eigenvalue weighted by Crippen LogP contribution is -2.08. The van der Waals surface area contributed by atoms with Gasteiger partial charge in [-0.25, -0.2) is 4.79 Å². The van der Waals surface area contributed by atoms with E-state index in [1.54, 1.807) is 12.3 Å². The van der Waals surface area contributed by atoms with Crippen LogP contribution in [0.1, 0.15) is 28.9 Å². The Morgan fingerprint density at radius 3 is 2.85 bits per heavy atom. The fourth-order valence-electron chi connectivity index (χ4n) is 0.936. The summed E-state index contributed by atoms with van der Waals surface area (Å²) in [5.74, 6) is -0.394. The van der Waals surface area contributed by atoms with Gasteiger partial charge in [0.15, 0.2) is 0 Å². The Bertz CT molecular complexity index is 310. The third-order valence-corrected chi connectivity index (χ3v) is 1.71. The van der Waals surface area contributed by atoms with Crippen molar-refractivity contribution in [1.29, 1.82) is 0 Å². The summed E-state index contributed by atoms with van der Waals surface area (Å²) in [7, 11) is 1.33. The number of pyridine rings is 1. The zero-order valence-corrected chi connectivity index (χ0v) is 7.65. The zero-order chi connectivity index (χ0) is 9.84. The highest BCUT2D eigenvalue weighted by atomic mass is 16.5. The summed E-state index contributed by atoms with van der Waals surface area (Å²) >= 11 is 0. The van der Waals surface area contributed by atoms with Gasteiger partial charge >= 0.3 is 5.97 Å². The molecule has 0 aliphatic heterocycles. The van der Waals surface area contributed by atoms with E-state index in [1.807, 2.05) is 6.92 Å². The molecule has 0 aliphatic rings. The number of esters is 1. The highest BCUT2D eigenvalue weighted by molar-refractivity contribution is 5.89. The minimum atomic E-state index is -0.394. The van der Waals surface area contributed by atoms with Crippen LogP contribution in [0, 0.1) is 0 Å². The monoisotopic (exact) mass is 180 g/mol. The van der Waals surface area contributed by atoms with Crippen molar-refractivity contribution in [1.82, 2.24) is 4.98 Å². The Hall–Kier alpha value is -1.42. The molecule has 70 valence electrons. The van der Waals surface area contributed by atoms with Gasteiger partial charge in [0, 0.05) is 18.4 Å². The number of nitrogens with zero attached hydrogens (tertiary/aromatic N) is 1. The van der Waals surface area contributed by atoms with Crippen molar-refractivity contribution in [2.75, 3.05) is 7.11 Å². The van der Waals surface area contributed by atoms with E-state index in [1.165, 1.54) is 13.3 Å². The number of hydrogen-bond acceptors (Lipinski definition) is 4. The van der Waals surface area contributed by atoms with E-state index in [-0.39, 0.29) is 6.04 Å². The lowest BCUT2D eigenvalue weighted by Gasteiger charge is -2.05. The summed E-state index contributed by atoms with van der Waals surface area (Å²) in [6.07, 6.45) is 3.09. The number of ether oxygens (including phenoxy) is 1. The molecule has 1 atom stereocenters. The first-order valence-corrected chi connectivity index (χ1v) is 3.94. The van der Waals surface area contributed by atoms with Crippen molar-refractivity contribution in [2.45, 2.75) is 13.0 Å². The average Bonchev–Trinajstić information content (AvgIpc) is 2.17. The molecule has 0 saturated carbocycles. The number of carbonyl (C=O) groups excluding carboxylic acids is 1. The molecule has 0 aliphatic carbocycles. The van der Waals surface area contributed by atoms with Crippen LogP contribution in [0.15, 0.2) is 18.5 Å². The van der Waals surface area contributed by atoms with Crippen LogP contribution in [0.25, 0.3) is 0 Å². The fraction of sp³-hybridized carbons (Fsp3) is 0.333. The Kier molecular flexibility index (Phi) is 2.97. The summed E-state index contributed by atoms with van der Waals surface area (Å²) in [5, 5.41) is 0. The minimum Gasteiger partial charge on any atom is -0.465 e. The molecule has 13 heavy (non-hydrogen) atoms. The van der Waals surface area contributed by atoms with Crippen molar-refractivity contribution >= 4 is 5.97 Å². The maximum absolute atomic E-state index is 11.1. The number of rotatable bonds is 2. The van der Waals surface area contributed by atoms with Gasteiger partial charge in [-0.3, -0.25) is 4.98 Å². The molecule has 1 aromatic rings. The first kappa shape index (κ1) is 9.67. The number of hydrogen-bond donors (Lipinski definition) is 1. The molecule has 1 rings (SSSR count). The standard InChI is InChI=1S/C9H12N2O2/c1-6(10)7-3-8(5-11-4-7)9(12)13-2/h3-6H,10H2,1-2H3/t6-/m0/s1. The molecule has 0 bridgehead atoms. The first-order chi connectivity index (χ1) is 6.15. The molecular formula is C9H12N2O2. The smallest absolute Gasteiger partial charge is 0.339 e. The molecule has 0 amide bonds. The number of aromatic nitrogens is 1. The van der Waals surface area contributed by atoms with E-state index >= 15 is 0 Å². The molecule has 1 heterocycles. The van der Waals surface area contributed by atoms with Gasteiger partial charge in [-0.1, -0.05) is 0 Å². The maximum Gasteiger partial charge on any atom is 0.339 e. The van der Waals surface area contributed by atoms with Gasteiger partial charge in [0.05, 0.1) is 12.7 Å². The van der Waals surface area contributed by atoms with E-state index in [0.29, 0.717) is 5.56 Å². The number of nitrogens with two attached hydrogens (primary N) is 1. The fourth-order valence-corrected chi connectivity index (χ4v) is 0.936. The molecule has 0 unspecified atom stereocenters. The third kappa shape index (κ3) is 2.26. The molecule has 4 nitrogen and oxygen atoms in total. The van der Waals surface area contributed by atoms with E-state index in [0.717, 1.165) is 5.56 Å². The zero-order valence-electron chi connectivity index (χ0n) is 7.65. The van der Waals surface area contributed by atoms with Gasteiger partial charge in [0.25, 0.3) is 0 Å². The van der Waals surface area contributed by atoms with Crippen molar-refractivity contribution in [3.8, 4) is 0 Å². The largest absolute Gasteiger partial charge is 0.465 e. The van der Waals surface area contributed by atoms with E-state index in [2.05, 4.69) is 9.72 Å². The minimum absolute atomic E-state index is 0.128. The van der Waals surface area contributed by atoms with Gasteiger partial charge in [-0.05, 0) is 18.6 Å². The summed E-state index contributed by atoms with van der Waals surface area (Å²) in [5.41, 5.74) is 6.88. The van der Waals surface area contributed by atoms with Crippen molar-refractivity contribution in [3.63, 3.8) is 0 Å². The summed E-state index contributed by atoms with van der Waals surface area (Å²) in [6.45, 7) is 1.83. The van der Waals surface area contributed by atoms with Crippen molar-refractivity contribution in [2.24, 2.45) is 5.73 Å². The summed E-state index contributed by atoms with van der Waals surface area (Å²) in [4.78, 5) is 15.0. The van der Waals surface area contributed by atoms with Crippen LogP contribution in [0.5, 0.6) is 0 Å². The van der Waals surface area contributed by atoms with Crippen LogP contribution in [-0.4, -0.2) is 18.1 Å². The predicted octanol–water partition coefficient (Wildman–Crippen LogP) is 0.888. The Morgan fingerprint density at radius 2 is 2.31 bits per heavy atom. The van der Waals surface area contributed by atoms with Gasteiger partial charge in [-0.15, -0.1) is 0 Å². The SMILES string of the molecule is COC(=O)c1cncc([C@H](C)N)c1. The Labute approximate surface area is 76.7 Å². The molecule has 0 radical (unpaired) electrons. The van der Waals surface area contributed by atoms with Crippen LogP contribution >= 0.6 is 0 Å². The van der Waals surface area contributed by atoms with Gasteiger partial charge < -0.3 is 10.5 Å².